The predicted molar refractivity (Wildman–Crippen MR) is 539 cm³/mol. The molecule has 1 unspecified atom stereocenters. The van der Waals surface area contributed by atoms with E-state index in [1.807, 2.05) is 236 Å². The molecule has 708 valence electrons. The fraction of sp³-hybridized carbons (Fsp3) is 0.213. The van der Waals surface area contributed by atoms with E-state index in [-0.39, 0.29) is 61.5 Å². The van der Waals surface area contributed by atoms with E-state index in [9.17, 15) is 37.9 Å². The van der Waals surface area contributed by atoms with Gasteiger partial charge in [0.05, 0.1) is 89.3 Å². The van der Waals surface area contributed by atoms with E-state index >= 15 is 0 Å². The van der Waals surface area contributed by atoms with Crippen molar-refractivity contribution in [2.75, 3.05) is 83.7 Å². The van der Waals surface area contributed by atoms with Crippen molar-refractivity contribution in [2.24, 2.45) is 25.0 Å². The number of aromatic amines is 5. The van der Waals surface area contributed by atoms with Gasteiger partial charge >= 0.3 is 0 Å². The SMILES string of the molecule is C=c1nc2c(c(=O)[nH]1)=Nc1cc(C)c(C)cc1N2CC(O)Cc1ccccc1.C=c1nc2c(c(=O)[nH]1)=Nc1cc(C)c(C)cc1N2CCCc1c(F)cccc1F.C=c1nc2c(c(=O)[nH]1)=Nc1cc(C)c(C)cc1N2CCOCc1ccccc1.C=c1nc2c(c(=O)[nH]1)=Nc1cc(C)ccc1N2CCOc1ccccc1.C=c1nc2c(c(=O)[nH]1)=Nc1cc3c(cc1N2CCCc1ccccc1)OCCO3. The van der Waals surface area contributed by atoms with Gasteiger partial charge in [0.2, 0.25) is 0 Å². The molecule has 0 aliphatic carbocycles. The third-order valence-corrected chi connectivity index (χ3v) is 24.2. The number of β-amino-alcohol motifs (C(OH)–C–C–N with tert-alkyl or cyclic N) is 1. The Morgan fingerprint density at radius 3 is 1.17 bits per heavy atom. The summed E-state index contributed by atoms with van der Waals surface area (Å²) in [6.07, 6.45) is 2.36. The molecule has 0 spiro atoms. The molecule has 10 aromatic carbocycles. The van der Waals surface area contributed by atoms with Crippen LogP contribution in [0.5, 0.6) is 17.2 Å². The largest absolute Gasteiger partial charge is 0.492 e. The minimum Gasteiger partial charge on any atom is -0.492 e. The third kappa shape index (κ3) is 21.4. The molecular formula is C108H102F2N20O10. The molecule has 21 rings (SSSR count). The Morgan fingerprint density at radius 2 is 0.721 bits per heavy atom. The quantitative estimate of drug-likeness (QED) is 0.0364. The Bertz CT molecular complexity index is 8250. The smallest absolute Gasteiger partial charge is 0.279 e. The van der Waals surface area contributed by atoms with Gasteiger partial charge in [-0.05, 0) is 203 Å². The van der Waals surface area contributed by atoms with Crippen LogP contribution in [0.1, 0.15) is 74.0 Å². The molecule has 11 heterocycles. The van der Waals surface area contributed by atoms with Crippen molar-refractivity contribution < 1.29 is 32.8 Å². The predicted octanol–water partition coefficient (Wildman–Crippen LogP) is 11.3. The number of nitrogens with zero attached hydrogens (tertiary/aromatic N) is 15. The van der Waals surface area contributed by atoms with Gasteiger partial charge in [0.15, 0.2) is 67.4 Å². The number of halogens is 2. The van der Waals surface area contributed by atoms with E-state index in [0.717, 1.165) is 108 Å². The van der Waals surface area contributed by atoms with Crippen molar-refractivity contribution in [3.63, 3.8) is 0 Å². The Kier molecular flexibility index (Phi) is 28.3. The molecule has 15 aromatic rings. The van der Waals surface area contributed by atoms with E-state index in [4.69, 9.17) is 18.9 Å². The number of aromatic nitrogens is 10. The maximum Gasteiger partial charge on any atom is 0.279 e. The maximum absolute atomic E-state index is 14.0. The summed E-state index contributed by atoms with van der Waals surface area (Å²) in [6.45, 7) is 37.9. The van der Waals surface area contributed by atoms with Crippen LogP contribution >= 0.6 is 0 Å². The number of hydrogen-bond donors (Lipinski definition) is 6. The molecule has 0 radical (unpaired) electrons. The van der Waals surface area contributed by atoms with Gasteiger partial charge < -0.3 is 73.5 Å². The second kappa shape index (κ2) is 41.8. The number of rotatable bonds is 21. The van der Waals surface area contributed by atoms with Crippen LogP contribution in [-0.2, 0) is 30.6 Å². The summed E-state index contributed by atoms with van der Waals surface area (Å²) < 4.78 is 51.1. The van der Waals surface area contributed by atoms with Gasteiger partial charge in [-0.25, -0.2) is 58.7 Å². The Morgan fingerprint density at radius 1 is 0.371 bits per heavy atom. The standard InChI is InChI=1S/C22H20F2N4O.C22H20N4O3.2C22H22N4O2.C20H18N4O2/c1-12-10-18-19(11-13(12)2)28(21-20(27-18)22(29)26-14(3)25-21)9-5-6-15-16(23)7-4-8-17(15)24;1-14-23-21-20(22(27)24-14)25-16-12-18-19(29-11-10-28-18)13-17(16)26(21)9-5-8-15-6-3-2-4-7-15;1-13-9-18-19(10-14(13)2)26(12-17(27)11-16-7-5-4-6-8-16)21-20(25-18)22(28)24-15(3)23-21;1-14-11-18-19(12-15(14)2)26(9-10-28-13-17-7-5-4-6-8-17)21-20(25-18)22(27)24-16(3)23-21;1-13-8-9-17-16(12-13)23-18-19(21-14(2)22-20(18)25)24(17)10-11-26-15-6-4-3-5-7-15/h4,7-8,10-11H,3,5-6,9H2,1-2H3,(H,26,29);2-4,6-7,12-13H,1,5,8-11H2,(H,24,27);4-10,17,27H,3,11-12H2,1-2H3,(H,24,28);4-8,11-12H,3,9-10,13H2,1-2H3,(H,24,27);3-9,12H,2,10-11H2,1H3,(H,22,25). The van der Waals surface area contributed by atoms with Crippen molar-refractivity contribution in [3.05, 3.63) is 385 Å². The highest BCUT2D eigenvalue weighted by Gasteiger charge is 2.32. The molecule has 5 aromatic heterocycles. The van der Waals surface area contributed by atoms with Gasteiger partial charge in [-0.15, -0.1) is 0 Å². The van der Waals surface area contributed by atoms with E-state index in [0.29, 0.717) is 169 Å². The van der Waals surface area contributed by atoms with E-state index in [1.54, 1.807) is 0 Å². The fourth-order valence-electron chi connectivity index (χ4n) is 16.9. The molecule has 0 bridgehead atoms. The first-order valence-electron chi connectivity index (χ1n) is 45.7. The molecule has 140 heavy (non-hydrogen) atoms. The third-order valence-electron chi connectivity index (χ3n) is 24.2. The van der Waals surface area contributed by atoms with Crippen LogP contribution < -0.4 is 121 Å². The molecular weight excluding hydrogens is 1780 g/mol. The zero-order chi connectivity index (χ0) is 98.1. The highest BCUT2D eigenvalue weighted by molar-refractivity contribution is 5.82. The lowest BCUT2D eigenvalue weighted by Crippen LogP contribution is -2.44. The number of para-hydroxylation sites is 1. The van der Waals surface area contributed by atoms with Gasteiger partial charge in [-0.3, -0.25) is 24.0 Å². The van der Waals surface area contributed by atoms with Crippen molar-refractivity contribution in [1.29, 1.82) is 0 Å². The fourth-order valence-corrected chi connectivity index (χ4v) is 16.9. The van der Waals surface area contributed by atoms with Crippen LogP contribution in [0, 0.1) is 60.1 Å². The van der Waals surface area contributed by atoms with Crippen molar-refractivity contribution >= 4 is 119 Å². The molecule has 0 amide bonds. The molecule has 30 nitrogen and oxygen atoms in total. The second-order valence-corrected chi connectivity index (χ2v) is 34.4. The van der Waals surface area contributed by atoms with Crippen molar-refractivity contribution in [1.82, 2.24) is 49.8 Å². The minimum atomic E-state index is -0.642. The zero-order valence-corrected chi connectivity index (χ0v) is 78.4. The molecule has 6 aliphatic rings. The topological polar surface area (TPSA) is 364 Å². The molecule has 32 heteroatoms. The van der Waals surface area contributed by atoms with Gasteiger partial charge in [0.25, 0.3) is 27.8 Å². The lowest BCUT2D eigenvalue weighted by molar-refractivity contribution is 0.128. The lowest BCUT2D eigenvalue weighted by atomic mass is 10.0. The summed E-state index contributed by atoms with van der Waals surface area (Å²) in [5.74, 6) is 3.40. The number of H-pyrrole nitrogens is 5. The zero-order valence-electron chi connectivity index (χ0n) is 78.4. The summed E-state index contributed by atoms with van der Waals surface area (Å²) in [7, 11) is 0. The van der Waals surface area contributed by atoms with Gasteiger partial charge in [0.1, 0.15) is 64.6 Å². The van der Waals surface area contributed by atoms with E-state index < -0.39 is 17.7 Å². The number of benzene rings is 10. The minimum absolute atomic E-state index is 0.0615. The number of aliphatic hydroxyl groups excluding tert-OH is 1. The van der Waals surface area contributed by atoms with Crippen LogP contribution in [-0.4, -0.2) is 120 Å². The molecule has 6 N–H and O–H groups in total. The molecule has 0 fully saturated rings. The molecule has 1 atom stereocenters. The average Bonchev–Trinajstić information content (AvgIpc) is 0.737. The number of ether oxygens (including phenoxy) is 4. The molecule has 6 aliphatic heterocycles. The van der Waals surface area contributed by atoms with Crippen molar-refractivity contribution in [2.45, 2.75) is 93.3 Å². The van der Waals surface area contributed by atoms with E-state index in [1.165, 1.54) is 23.8 Å². The van der Waals surface area contributed by atoms with E-state index in [2.05, 4.69) is 133 Å². The number of aliphatic hydroxyl groups is 1. The van der Waals surface area contributed by atoms with Gasteiger partial charge in [-0.2, -0.15) is 0 Å². The van der Waals surface area contributed by atoms with Crippen LogP contribution in [0.15, 0.2) is 255 Å². The van der Waals surface area contributed by atoms with Crippen LogP contribution in [0.3, 0.4) is 0 Å². The Balaban J connectivity index is 0.000000121. The maximum atomic E-state index is 14.0. The second-order valence-electron chi connectivity index (χ2n) is 34.4. The van der Waals surface area contributed by atoms with Crippen molar-refractivity contribution in [3.8, 4) is 17.2 Å². The highest BCUT2D eigenvalue weighted by atomic mass is 19.1. The molecule has 0 saturated carbocycles. The lowest BCUT2D eigenvalue weighted by Gasteiger charge is -2.30. The van der Waals surface area contributed by atoms with Crippen LogP contribution in [0.4, 0.5) is 94.7 Å². The summed E-state index contributed by atoms with van der Waals surface area (Å²) in [4.78, 5) is 130. The number of aryl methyl sites for hydroxylation is 8. The highest BCUT2D eigenvalue weighted by Crippen LogP contribution is 2.46. The number of nitrogens with one attached hydrogen (secondary N) is 5. The average molecular weight is 1880 g/mol. The summed E-state index contributed by atoms with van der Waals surface area (Å²) >= 11 is 0. The first kappa shape index (κ1) is 94.9. The van der Waals surface area contributed by atoms with Crippen LogP contribution in [0.25, 0.3) is 32.9 Å². The Hall–Kier alpha value is -16.9. The normalized spacial score (nSPS) is 12.9. The monoisotopic (exact) mass is 1880 g/mol. The molecule has 0 saturated heterocycles. The first-order valence-corrected chi connectivity index (χ1v) is 45.7. The summed E-state index contributed by atoms with van der Waals surface area (Å²) in [5, 5.41) is 12.1. The Labute approximate surface area is 801 Å². The van der Waals surface area contributed by atoms with Crippen LogP contribution in [0.2, 0.25) is 0 Å². The number of anilines is 10. The first-order chi connectivity index (χ1) is 67.6. The summed E-state index contributed by atoms with van der Waals surface area (Å²) in [5.41, 5.74) is 19.0. The van der Waals surface area contributed by atoms with Gasteiger partial charge in [-0.1, -0.05) is 154 Å². The van der Waals surface area contributed by atoms with Gasteiger partial charge in [0, 0.05) is 43.8 Å². The number of fused-ring (bicyclic) bond motifs is 11. The number of hydrogen-bond acceptors (Lipinski definition) is 25. The summed E-state index contributed by atoms with van der Waals surface area (Å²) in [6, 6.07) is 65.4.